The van der Waals surface area contributed by atoms with Gasteiger partial charge < -0.3 is 14.3 Å². The van der Waals surface area contributed by atoms with Crippen LogP contribution in [-0.2, 0) is 6.54 Å². The number of rotatable bonds is 4. The van der Waals surface area contributed by atoms with Crippen LogP contribution < -0.4 is 4.74 Å². The first-order chi connectivity index (χ1) is 10.1. The Morgan fingerprint density at radius 3 is 2.90 bits per heavy atom. The highest BCUT2D eigenvalue weighted by molar-refractivity contribution is 7.71. The van der Waals surface area contributed by atoms with Crippen molar-refractivity contribution in [1.29, 1.82) is 0 Å². The Hall–Kier alpha value is -2.14. The minimum atomic E-state index is -0.273. The molecule has 2 aromatic carbocycles. The van der Waals surface area contributed by atoms with Crippen molar-refractivity contribution in [3.63, 3.8) is 0 Å². The maximum atomic E-state index is 13.4. The fraction of sp³-hybridized carbons (Fsp3) is 0.188. The van der Waals surface area contributed by atoms with Gasteiger partial charge in [0.25, 0.3) is 0 Å². The summed E-state index contributed by atoms with van der Waals surface area (Å²) in [6.45, 7) is 3.06. The number of H-pyrrole nitrogens is 1. The molecule has 0 fully saturated rings. The molecule has 0 aliphatic rings. The number of nitrogens with zero attached hydrogens (tertiary/aromatic N) is 1. The van der Waals surface area contributed by atoms with Gasteiger partial charge in [-0.25, -0.2) is 4.39 Å². The van der Waals surface area contributed by atoms with Crippen LogP contribution in [0.15, 0.2) is 42.5 Å². The first-order valence-corrected chi connectivity index (χ1v) is 7.12. The number of hydrogen-bond donors (Lipinski definition) is 1. The average molecular weight is 302 g/mol. The predicted octanol–water partition coefficient (Wildman–Crippen LogP) is 4.23. The molecule has 1 aromatic heterocycles. The molecule has 21 heavy (non-hydrogen) atoms. The average Bonchev–Trinajstić information content (AvgIpc) is 2.75. The molecule has 0 saturated carbocycles. The summed E-state index contributed by atoms with van der Waals surface area (Å²) >= 11 is 5.28. The molecular formula is C16H15FN2OS. The molecule has 0 unspecified atom stereocenters. The summed E-state index contributed by atoms with van der Waals surface area (Å²) in [6.07, 6.45) is 0. The normalized spacial score (nSPS) is 11.0. The number of aromatic amines is 1. The van der Waals surface area contributed by atoms with E-state index in [-0.39, 0.29) is 5.82 Å². The molecule has 0 bridgehead atoms. The van der Waals surface area contributed by atoms with Crippen LogP contribution >= 0.6 is 12.2 Å². The Morgan fingerprint density at radius 2 is 2.10 bits per heavy atom. The number of aromatic nitrogens is 2. The van der Waals surface area contributed by atoms with Crippen LogP contribution in [0.25, 0.3) is 11.0 Å². The van der Waals surface area contributed by atoms with E-state index in [9.17, 15) is 4.39 Å². The first-order valence-electron chi connectivity index (χ1n) is 6.71. The second-order valence-corrected chi connectivity index (χ2v) is 5.29. The molecule has 0 atom stereocenters. The van der Waals surface area contributed by atoms with Crippen molar-refractivity contribution in [3.8, 4) is 5.75 Å². The van der Waals surface area contributed by atoms with Crippen molar-refractivity contribution in [3.05, 3.63) is 58.6 Å². The zero-order valence-corrected chi connectivity index (χ0v) is 12.4. The van der Waals surface area contributed by atoms with Crippen LogP contribution in [0.5, 0.6) is 5.75 Å². The highest BCUT2D eigenvalue weighted by Gasteiger charge is 2.05. The van der Waals surface area contributed by atoms with Gasteiger partial charge >= 0.3 is 0 Å². The number of fused-ring (bicyclic) bond motifs is 1. The van der Waals surface area contributed by atoms with E-state index in [4.69, 9.17) is 17.0 Å². The van der Waals surface area contributed by atoms with Gasteiger partial charge in [0.1, 0.15) is 18.2 Å². The van der Waals surface area contributed by atoms with Crippen LogP contribution in [0, 0.1) is 17.5 Å². The molecule has 0 radical (unpaired) electrons. The number of nitrogens with one attached hydrogen (secondary N) is 1. The zero-order valence-electron chi connectivity index (χ0n) is 11.6. The molecule has 3 nitrogen and oxygen atoms in total. The maximum absolute atomic E-state index is 13.4. The van der Waals surface area contributed by atoms with Gasteiger partial charge in [0.15, 0.2) is 4.77 Å². The molecule has 0 spiro atoms. The van der Waals surface area contributed by atoms with Gasteiger partial charge in [0.2, 0.25) is 0 Å². The second kappa shape index (κ2) is 5.69. The lowest BCUT2D eigenvalue weighted by molar-refractivity contribution is 0.299. The number of aryl methyl sites for hydroxylation is 1. The number of benzene rings is 2. The van der Waals surface area contributed by atoms with E-state index in [2.05, 4.69) is 4.98 Å². The Balaban J connectivity index is 1.78. The van der Waals surface area contributed by atoms with E-state index in [1.165, 1.54) is 12.1 Å². The number of imidazole rings is 1. The van der Waals surface area contributed by atoms with Gasteiger partial charge in [-0.05, 0) is 55.0 Å². The molecule has 1 heterocycles. The first kappa shape index (κ1) is 13.8. The highest BCUT2D eigenvalue weighted by Crippen LogP contribution is 2.16. The molecule has 3 aromatic rings. The Kier molecular flexibility index (Phi) is 3.75. The summed E-state index contributed by atoms with van der Waals surface area (Å²) in [6, 6.07) is 12.5. The Bertz CT molecular complexity index is 838. The molecule has 0 saturated heterocycles. The number of halogens is 1. The minimum absolute atomic E-state index is 0.273. The van der Waals surface area contributed by atoms with E-state index < -0.39 is 0 Å². The third-order valence-corrected chi connectivity index (χ3v) is 3.63. The number of hydrogen-bond acceptors (Lipinski definition) is 2. The van der Waals surface area contributed by atoms with Crippen LogP contribution in [0.1, 0.15) is 5.56 Å². The largest absolute Gasteiger partial charge is 0.492 e. The van der Waals surface area contributed by atoms with Gasteiger partial charge in [-0.1, -0.05) is 12.1 Å². The van der Waals surface area contributed by atoms with Gasteiger partial charge in [-0.15, -0.1) is 0 Å². The Labute approximate surface area is 127 Å². The van der Waals surface area contributed by atoms with E-state index in [1.54, 1.807) is 6.07 Å². The van der Waals surface area contributed by atoms with Gasteiger partial charge in [-0.3, -0.25) is 0 Å². The summed E-state index contributed by atoms with van der Waals surface area (Å²) in [4.78, 5) is 3.07. The lowest BCUT2D eigenvalue weighted by atomic mass is 10.2. The lowest BCUT2D eigenvalue weighted by Crippen LogP contribution is -2.08. The van der Waals surface area contributed by atoms with E-state index in [0.717, 1.165) is 22.3 Å². The fourth-order valence-corrected chi connectivity index (χ4v) is 2.61. The second-order valence-electron chi connectivity index (χ2n) is 4.91. The number of ether oxygens (including phenoxy) is 1. The summed E-state index contributed by atoms with van der Waals surface area (Å²) in [5, 5.41) is 0. The van der Waals surface area contributed by atoms with E-state index >= 15 is 0 Å². The molecule has 0 amide bonds. The van der Waals surface area contributed by atoms with Crippen LogP contribution in [0.3, 0.4) is 0 Å². The summed E-state index contributed by atoms with van der Waals surface area (Å²) in [7, 11) is 0. The highest BCUT2D eigenvalue weighted by atomic mass is 32.1. The smallest absolute Gasteiger partial charge is 0.178 e. The molecule has 1 N–H and O–H groups in total. The third kappa shape index (κ3) is 2.97. The van der Waals surface area contributed by atoms with Gasteiger partial charge in [0.05, 0.1) is 17.6 Å². The zero-order chi connectivity index (χ0) is 14.8. The summed E-state index contributed by atoms with van der Waals surface area (Å²) in [5.74, 6) is 0.553. The van der Waals surface area contributed by atoms with Crippen LogP contribution in [-0.4, -0.2) is 16.2 Å². The van der Waals surface area contributed by atoms with Crippen molar-refractivity contribution >= 4 is 23.3 Å². The maximum Gasteiger partial charge on any atom is 0.178 e. The molecular weight excluding hydrogens is 287 g/mol. The van der Waals surface area contributed by atoms with Gasteiger partial charge in [-0.2, -0.15) is 0 Å². The molecule has 5 heteroatoms. The van der Waals surface area contributed by atoms with E-state index in [0.29, 0.717) is 17.9 Å². The van der Waals surface area contributed by atoms with Crippen molar-refractivity contribution in [1.82, 2.24) is 9.55 Å². The van der Waals surface area contributed by atoms with Crippen LogP contribution in [0.4, 0.5) is 4.39 Å². The van der Waals surface area contributed by atoms with Crippen molar-refractivity contribution in [2.45, 2.75) is 13.5 Å². The monoisotopic (exact) mass is 302 g/mol. The quantitative estimate of drug-likeness (QED) is 0.731. The molecule has 0 aliphatic carbocycles. The molecule has 0 aliphatic heterocycles. The fourth-order valence-electron chi connectivity index (χ4n) is 2.31. The minimum Gasteiger partial charge on any atom is -0.492 e. The summed E-state index contributed by atoms with van der Waals surface area (Å²) < 4.78 is 21.5. The van der Waals surface area contributed by atoms with Crippen molar-refractivity contribution in [2.24, 2.45) is 0 Å². The SMILES string of the molecule is Cc1cccc(OCCn2c(=S)[nH]c3ccc(F)cc32)c1. The summed E-state index contributed by atoms with van der Waals surface area (Å²) in [5.41, 5.74) is 2.74. The Morgan fingerprint density at radius 1 is 1.24 bits per heavy atom. The molecule has 3 rings (SSSR count). The van der Waals surface area contributed by atoms with Gasteiger partial charge in [0, 0.05) is 0 Å². The topological polar surface area (TPSA) is 29.9 Å². The van der Waals surface area contributed by atoms with Crippen LogP contribution in [0.2, 0.25) is 0 Å². The van der Waals surface area contributed by atoms with Crippen molar-refractivity contribution < 1.29 is 9.13 Å². The standard InChI is InChI=1S/C16H15FN2OS/c1-11-3-2-4-13(9-11)20-8-7-19-15-10-12(17)5-6-14(15)18-16(19)21/h2-6,9-10H,7-8H2,1H3,(H,18,21). The van der Waals surface area contributed by atoms with E-state index in [1.807, 2.05) is 35.8 Å². The molecule has 108 valence electrons. The predicted molar refractivity (Wildman–Crippen MR) is 83.8 cm³/mol. The third-order valence-electron chi connectivity index (χ3n) is 3.31. The van der Waals surface area contributed by atoms with Crippen molar-refractivity contribution in [2.75, 3.05) is 6.61 Å². The lowest BCUT2D eigenvalue weighted by Gasteiger charge is -2.08.